The number of benzene rings is 2. The second-order valence-corrected chi connectivity index (χ2v) is 5.62. The number of amides is 1. The molecular weight excluding hydrogens is 276 g/mol. The first kappa shape index (κ1) is 16.3. The van der Waals surface area contributed by atoms with Crippen molar-refractivity contribution >= 4 is 16.7 Å². The topological polar surface area (TPSA) is 41.6 Å². The lowest BCUT2D eigenvalue weighted by atomic mass is 10.1. The van der Waals surface area contributed by atoms with Crippen molar-refractivity contribution in [3.05, 3.63) is 42.5 Å². The number of rotatable bonds is 7. The fourth-order valence-corrected chi connectivity index (χ4v) is 2.24. The molecule has 0 aliphatic carbocycles. The third-order valence-electron chi connectivity index (χ3n) is 3.52. The SMILES string of the molecule is CC[C@H](Oc1ccc2ccccc2c1)C(=O)NCCN(C)C. The standard InChI is InChI=1S/C18H24N2O2/c1-4-17(18(21)19-11-12-20(2)3)22-16-10-9-14-7-5-6-8-15(14)13-16/h5-10,13,17H,4,11-12H2,1-3H3,(H,19,21)/t17-/m0/s1. The molecule has 0 bridgehead atoms. The molecule has 0 fully saturated rings. The van der Waals surface area contributed by atoms with Gasteiger partial charge in [0.05, 0.1) is 0 Å². The predicted octanol–water partition coefficient (Wildman–Crippen LogP) is 2.68. The van der Waals surface area contributed by atoms with Crippen molar-refractivity contribution in [2.45, 2.75) is 19.4 Å². The van der Waals surface area contributed by atoms with Crippen molar-refractivity contribution in [2.75, 3.05) is 27.2 Å². The highest BCUT2D eigenvalue weighted by Gasteiger charge is 2.17. The molecule has 22 heavy (non-hydrogen) atoms. The lowest BCUT2D eigenvalue weighted by molar-refractivity contribution is -0.128. The van der Waals surface area contributed by atoms with Crippen LogP contribution in [0.3, 0.4) is 0 Å². The first-order chi connectivity index (χ1) is 10.6. The average Bonchev–Trinajstić information content (AvgIpc) is 2.52. The number of fused-ring (bicyclic) bond motifs is 1. The minimum atomic E-state index is -0.455. The Morgan fingerprint density at radius 3 is 2.59 bits per heavy atom. The summed E-state index contributed by atoms with van der Waals surface area (Å²) in [5, 5.41) is 5.20. The predicted molar refractivity (Wildman–Crippen MR) is 90.2 cm³/mol. The molecule has 0 radical (unpaired) electrons. The maximum Gasteiger partial charge on any atom is 0.261 e. The van der Waals surface area contributed by atoms with Crippen LogP contribution >= 0.6 is 0 Å². The number of carbonyl (C=O) groups is 1. The molecule has 4 nitrogen and oxygen atoms in total. The molecule has 0 saturated carbocycles. The second-order valence-electron chi connectivity index (χ2n) is 5.62. The smallest absolute Gasteiger partial charge is 0.261 e. The minimum absolute atomic E-state index is 0.0579. The number of likely N-dealkylation sites (N-methyl/N-ethyl adjacent to an activating group) is 1. The monoisotopic (exact) mass is 300 g/mol. The van der Waals surface area contributed by atoms with Gasteiger partial charge in [-0.25, -0.2) is 0 Å². The molecule has 118 valence electrons. The molecule has 0 heterocycles. The van der Waals surface area contributed by atoms with E-state index in [0.29, 0.717) is 13.0 Å². The maximum absolute atomic E-state index is 12.2. The summed E-state index contributed by atoms with van der Waals surface area (Å²) in [5.74, 6) is 0.672. The van der Waals surface area contributed by atoms with Gasteiger partial charge in [-0.3, -0.25) is 4.79 Å². The normalized spacial score (nSPS) is 12.4. The van der Waals surface area contributed by atoms with E-state index in [1.807, 2.05) is 62.3 Å². The summed E-state index contributed by atoms with van der Waals surface area (Å²) in [4.78, 5) is 14.2. The molecule has 0 aliphatic heterocycles. The van der Waals surface area contributed by atoms with Gasteiger partial charge in [0.25, 0.3) is 5.91 Å². The first-order valence-corrected chi connectivity index (χ1v) is 7.68. The van der Waals surface area contributed by atoms with E-state index < -0.39 is 6.10 Å². The van der Waals surface area contributed by atoms with Crippen molar-refractivity contribution < 1.29 is 9.53 Å². The average molecular weight is 300 g/mol. The summed E-state index contributed by atoms with van der Waals surface area (Å²) < 4.78 is 5.87. The van der Waals surface area contributed by atoms with Crippen LogP contribution in [0.25, 0.3) is 10.8 Å². The second kappa shape index (κ2) is 7.80. The highest BCUT2D eigenvalue weighted by Crippen LogP contribution is 2.21. The van der Waals surface area contributed by atoms with E-state index in [1.165, 1.54) is 5.39 Å². The van der Waals surface area contributed by atoms with Crippen molar-refractivity contribution in [1.82, 2.24) is 10.2 Å². The third kappa shape index (κ3) is 4.46. The zero-order chi connectivity index (χ0) is 15.9. The fourth-order valence-electron chi connectivity index (χ4n) is 2.24. The highest BCUT2D eigenvalue weighted by atomic mass is 16.5. The summed E-state index contributed by atoms with van der Waals surface area (Å²) >= 11 is 0. The first-order valence-electron chi connectivity index (χ1n) is 7.68. The van der Waals surface area contributed by atoms with Crippen molar-refractivity contribution in [2.24, 2.45) is 0 Å². The van der Waals surface area contributed by atoms with Crippen molar-refractivity contribution in [3.63, 3.8) is 0 Å². The Hall–Kier alpha value is -2.07. The molecule has 4 heteroatoms. The molecular formula is C18H24N2O2. The molecule has 2 rings (SSSR count). The zero-order valence-corrected chi connectivity index (χ0v) is 13.5. The van der Waals surface area contributed by atoms with Gasteiger partial charge in [-0.15, -0.1) is 0 Å². The van der Waals surface area contributed by atoms with Crippen LogP contribution in [0.2, 0.25) is 0 Å². The van der Waals surface area contributed by atoms with Crippen LogP contribution in [0.15, 0.2) is 42.5 Å². The molecule has 2 aromatic carbocycles. The molecule has 0 unspecified atom stereocenters. The molecule has 0 aromatic heterocycles. The van der Waals surface area contributed by atoms with Crippen LogP contribution in [0, 0.1) is 0 Å². The number of carbonyl (C=O) groups excluding carboxylic acids is 1. The highest BCUT2D eigenvalue weighted by molar-refractivity contribution is 5.84. The Morgan fingerprint density at radius 1 is 1.18 bits per heavy atom. The van der Waals surface area contributed by atoms with Crippen LogP contribution in [0.5, 0.6) is 5.75 Å². The summed E-state index contributed by atoms with van der Waals surface area (Å²) in [5.41, 5.74) is 0. The molecule has 2 aromatic rings. The van der Waals surface area contributed by atoms with Gasteiger partial charge >= 0.3 is 0 Å². The van der Waals surface area contributed by atoms with Gasteiger partial charge in [0.2, 0.25) is 0 Å². The Bertz CT molecular complexity index is 625. The molecule has 1 amide bonds. The van der Waals surface area contributed by atoms with Crippen LogP contribution < -0.4 is 10.1 Å². The lowest BCUT2D eigenvalue weighted by Crippen LogP contribution is -2.40. The number of hydrogen-bond donors (Lipinski definition) is 1. The Balaban J connectivity index is 2.00. The number of nitrogens with one attached hydrogen (secondary N) is 1. The quantitative estimate of drug-likeness (QED) is 0.855. The van der Waals surface area contributed by atoms with Gasteiger partial charge in [0.1, 0.15) is 5.75 Å². The molecule has 0 spiro atoms. The van der Waals surface area contributed by atoms with Gasteiger partial charge in [0, 0.05) is 13.1 Å². The van der Waals surface area contributed by atoms with Crippen LogP contribution in [-0.2, 0) is 4.79 Å². The zero-order valence-electron chi connectivity index (χ0n) is 13.5. The van der Waals surface area contributed by atoms with Crippen LogP contribution in [0.4, 0.5) is 0 Å². The number of ether oxygens (including phenoxy) is 1. The molecule has 0 aliphatic rings. The number of hydrogen-bond acceptors (Lipinski definition) is 3. The lowest BCUT2D eigenvalue weighted by Gasteiger charge is -2.18. The summed E-state index contributed by atoms with van der Waals surface area (Å²) in [6, 6.07) is 14.0. The largest absolute Gasteiger partial charge is 0.481 e. The van der Waals surface area contributed by atoms with E-state index in [1.54, 1.807) is 0 Å². The maximum atomic E-state index is 12.2. The van der Waals surface area contributed by atoms with E-state index >= 15 is 0 Å². The van der Waals surface area contributed by atoms with Crippen molar-refractivity contribution in [3.8, 4) is 5.75 Å². The molecule has 1 atom stereocenters. The van der Waals surface area contributed by atoms with Gasteiger partial charge in [-0.2, -0.15) is 0 Å². The summed E-state index contributed by atoms with van der Waals surface area (Å²) in [7, 11) is 3.96. The van der Waals surface area contributed by atoms with Gasteiger partial charge < -0.3 is 15.0 Å². The number of nitrogens with zero attached hydrogens (tertiary/aromatic N) is 1. The Kier molecular flexibility index (Phi) is 5.78. The van der Waals surface area contributed by atoms with E-state index in [-0.39, 0.29) is 5.91 Å². The Morgan fingerprint density at radius 2 is 1.91 bits per heavy atom. The van der Waals surface area contributed by atoms with E-state index in [2.05, 4.69) is 11.4 Å². The van der Waals surface area contributed by atoms with Crippen LogP contribution in [-0.4, -0.2) is 44.1 Å². The molecule has 0 saturated heterocycles. The van der Waals surface area contributed by atoms with E-state index in [0.717, 1.165) is 17.7 Å². The van der Waals surface area contributed by atoms with Gasteiger partial charge in [-0.05, 0) is 43.4 Å². The van der Waals surface area contributed by atoms with E-state index in [4.69, 9.17) is 4.74 Å². The summed E-state index contributed by atoms with van der Waals surface area (Å²) in [6.07, 6.45) is 0.184. The Labute approximate surface area is 132 Å². The summed E-state index contributed by atoms with van der Waals surface area (Å²) in [6.45, 7) is 3.40. The van der Waals surface area contributed by atoms with E-state index in [9.17, 15) is 4.79 Å². The van der Waals surface area contributed by atoms with Crippen LogP contribution in [0.1, 0.15) is 13.3 Å². The molecule has 1 N–H and O–H groups in total. The fraction of sp³-hybridized carbons (Fsp3) is 0.389. The van der Waals surface area contributed by atoms with Gasteiger partial charge in [-0.1, -0.05) is 37.3 Å². The third-order valence-corrected chi connectivity index (χ3v) is 3.52. The minimum Gasteiger partial charge on any atom is -0.481 e. The van der Waals surface area contributed by atoms with Crippen molar-refractivity contribution in [1.29, 1.82) is 0 Å². The van der Waals surface area contributed by atoms with Gasteiger partial charge in [0.15, 0.2) is 6.10 Å².